The number of halogens is 1. The van der Waals surface area contributed by atoms with Gasteiger partial charge in [0, 0.05) is 61.4 Å². The van der Waals surface area contributed by atoms with Crippen molar-refractivity contribution in [2.24, 2.45) is 17.8 Å². The van der Waals surface area contributed by atoms with Crippen LogP contribution in [-0.2, 0) is 24.4 Å². The number of aryl methyl sites for hydroxylation is 2. The van der Waals surface area contributed by atoms with Crippen molar-refractivity contribution in [1.29, 1.82) is 0 Å². The van der Waals surface area contributed by atoms with E-state index in [-0.39, 0.29) is 23.6 Å². The Labute approximate surface area is 150 Å². The summed E-state index contributed by atoms with van der Waals surface area (Å²) in [4.78, 5) is 21.1. The van der Waals surface area contributed by atoms with Crippen LogP contribution in [0, 0.1) is 5.82 Å². The van der Waals surface area contributed by atoms with Gasteiger partial charge in [-0.15, -0.1) is 0 Å². The number of nitrogens with two attached hydrogens (primary N) is 1. The van der Waals surface area contributed by atoms with E-state index in [0.717, 1.165) is 0 Å². The second-order valence-corrected chi connectivity index (χ2v) is 7.51. The van der Waals surface area contributed by atoms with Gasteiger partial charge in [0.25, 0.3) is 0 Å². The summed E-state index contributed by atoms with van der Waals surface area (Å²) >= 11 is 0. The van der Waals surface area contributed by atoms with Crippen molar-refractivity contribution >= 4 is 44.5 Å². The van der Waals surface area contributed by atoms with E-state index in [4.69, 9.17) is 5.73 Å². The maximum Gasteiger partial charge on any atom is 0.328 e. The Morgan fingerprint density at radius 3 is 2.96 bits per heavy atom. The van der Waals surface area contributed by atoms with E-state index in [2.05, 4.69) is 9.98 Å². The summed E-state index contributed by atoms with van der Waals surface area (Å²) in [6.07, 6.45) is 4.20. The highest BCUT2D eigenvalue weighted by atomic mass is 32.2. The second-order valence-electron chi connectivity index (χ2n) is 6.00. The highest BCUT2D eigenvalue weighted by molar-refractivity contribution is 7.85. The van der Waals surface area contributed by atoms with Gasteiger partial charge in [-0.05, 0) is 0 Å². The summed E-state index contributed by atoms with van der Waals surface area (Å²) in [6, 6.07) is 1.28. The number of pyridine rings is 1. The minimum atomic E-state index is -1.53. The van der Waals surface area contributed by atoms with Gasteiger partial charge < -0.3 is 5.73 Å². The molecule has 9 heteroatoms. The number of aromatic nitrogens is 3. The summed E-state index contributed by atoms with van der Waals surface area (Å²) in [5.74, 6) is -0.378. The average molecular weight is 373 g/mol. The third-order valence-corrected chi connectivity index (χ3v) is 6.05. The van der Waals surface area contributed by atoms with Gasteiger partial charge in [0.1, 0.15) is 5.82 Å². The molecule has 7 nitrogen and oxygen atoms in total. The fourth-order valence-corrected chi connectivity index (χ4v) is 4.90. The summed E-state index contributed by atoms with van der Waals surface area (Å²) in [7, 11) is 1.68. The molecule has 2 N–H and O–H groups in total. The van der Waals surface area contributed by atoms with E-state index in [1.807, 2.05) is 0 Å². The van der Waals surface area contributed by atoms with Crippen LogP contribution in [0.15, 0.2) is 33.1 Å². The van der Waals surface area contributed by atoms with Crippen molar-refractivity contribution in [3.63, 3.8) is 0 Å². The lowest BCUT2D eigenvalue weighted by atomic mass is 10.0. The first kappa shape index (κ1) is 16.6. The van der Waals surface area contributed by atoms with Crippen LogP contribution in [0.25, 0.3) is 27.5 Å². The van der Waals surface area contributed by atoms with Gasteiger partial charge in [0.2, 0.25) is 0 Å². The van der Waals surface area contributed by atoms with Crippen LogP contribution >= 0.6 is 0 Å². The molecule has 134 valence electrons. The number of rotatable bonds is 2. The minimum Gasteiger partial charge on any atom is -0.404 e. The van der Waals surface area contributed by atoms with E-state index in [1.165, 1.54) is 23.0 Å². The van der Waals surface area contributed by atoms with Crippen LogP contribution in [0.2, 0.25) is 0 Å². The maximum atomic E-state index is 14.9. The van der Waals surface area contributed by atoms with Gasteiger partial charge in [-0.2, -0.15) is 0 Å². The van der Waals surface area contributed by atoms with Crippen LogP contribution in [-0.4, -0.2) is 37.3 Å². The highest BCUT2D eigenvalue weighted by Crippen LogP contribution is 2.36. The lowest BCUT2D eigenvalue weighted by Gasteiger charge is -2.13. The van der Waals surface area contributed by atoms with Gasteiger partial charge in [-0.1, -0.05) is 0 Å². The van der Waals surface area contributed by atoms with E-state index >= 15 is 0 Å². The first-order chi connectivity index (χ1) is 12.5. The van der Waals surface area contributed by atoms with Crippen LogP contribution in [0.3, 0.4) is 0 Å². The second kappa shape index (κ2) is 5.87. The van der Waals surface area contributed by atoms with E-state index < -0.39 is 16.6 Å². The Morgan fingerprint density at radius 1 is 1.50 bits per heavy atom. The van der Waals surface area contributed by atoms with Crippen LogP contribution < -0.4 is 11.4 Å². The monoisotopic (exact) mass is 373 g/mol. The standard InChI is InChI=1S/C17H16FN5O2S/c1-20-7-9(6-19)13-10(18)5-11-14-15-12(8-21-11)22(2)17(24)23(15)3-4-26(25)16(13)14/h5-8H,3-4,19H2,1-2H3. The number of aliphatic imine (C=N–C) groups is 1. The largest absolute Gasteiger partial charge is 0.404 e. The Morgan fingerprint density at radius 2 is 2.27 bits per heavy atom. The lowest BCUT2D eigenvalue weighted by Crippen LogP contribution is -2.23. The average Bonchev–Trinajstić information content (AvgIpc) is 2.77. The van der Waals surface area contributed by atoms with Crippen molar-refractivity contribution in [2.45, 2.75) is 11.4 Å². The predicted molar refractivity (Wildman–Crippen MR) is 100 cm³/mol. The number of imidazole rings is 1. The zero-order valence-electron chi connectivity index (χ0n) is 14.2. The number of benzene rings is 1. The molecule has 1 aliphatic rings. The molecule has 1 aromatic carbocycles. The number of nitrogens with zero attached hydrogens (tertiary/aromatic N) is 4. The Hall–Kier alpha value is -2.81. The van der Waals surface area contributed by atoms with Crippen molar-refractivity contribution in [2.75, 3.05) is 12.8 Å². The molecule has 1 atom stereocenters. The normalized spacial score (nSPS) is 17.7. The molecule has 0 saturated heterocycles. The molecule has 0 fully saturated rings. The van der Waals surface area contributed by atoms with Crippen molar-refractivity contribution < 1.29 is 8.60 Å². The highest BCUT2D eigenvalue weighted by Gasteiger charge is 2.28. The van der Waals surface area contributed by atoms with Gasteiger partial charge in [-0.25, -0.2) is 9.18 Å². The van der Waals surface area contributed by atoms with E-state index in [1.54, 1.807) is 24.9 Å². The summed E-state index contributed by atoms with van der Waals surface area (Å²) in [5.41, 5.74) is 7.52. The van der Waals surface area contributed by atoms with Gasteiger partial charge in [0.15, 0.2) is 0 Å². The van der Waals surface area contributed by atoms with Crippen molar-refractivity contribution in [3.8, 4) is 0 Å². The van der Waals surface area contributed by atoms with Crippen molar-refractivity contribution in [1.82, 2.24) is 14.1 Å². The molecular weight excluding hydrogens is 357 g/mol. The molecule has 3 heterocycles. The first-order valence-corrected chi connectivity index (χ1v) is 9.24. The lowest BCUT2D eigenvalue weighted by molar-refractivity contribution is 0.621. The smallest absolute Gasteiger partial charge is 0.328 e. The molecule has 4 rings (SSSR count). The Balaban J connectivity index is 2.31. The van der Waals surface area contributed by atoms with E-state index in [0.29, 0.717) is 32.4 Å². The third-order valence-electron chi connectivity index (χ3n) is 4.63. The number of allylic oxidation sites excluding steroid dienone is 1. The Kier molecular flexibility index (Phi) is 3.76. The maximum absolute atomic E-state index is 14.9. The molecule has 2 aromatic heterocycles. The summed E-state index contributed by atoms with van der Waals surface area (Å²) < 4.78 is 31.0. The summed E-state index contributed by atoms with van der Waals surface area (Å²) in [5, 5.41) is 0.524. The number of hydrogen-bond donors (Lipinski definition) is 1. The predicted octanol–water partition coefficient (Wildman–Crippen LogP) is 1.15. The molecule has 1 aliphatic heterocycles. The van der Waals surface area contributed by atoms with Crippen LogP contribution in [0.4, 0.5) is 4.39 Å². The minimum absolute atomic E-state index is 0.142. The third kappa shape index (κ3) is 2.10. The molecule has 0 amide bonds. The quantitative estimate of drug-likeness (QED) is 0.682. The Bertz CT molecular complexity index is 1220. The topological polar surface area (TPSA) is 95.3 Å². The molecule has 1 unspecified atom stereocenters. The van der Waals surface area contributed by atoms with Crippen LogP contribution in [0.1, 0.15) is 5.56 Å². The van der Waals surface area contributed by atoms with Crippen molar-refractivity contribution in [3.05, 3.63) is 40.3 Å². The molecule has 0 bridgehead atoms. The van der Waals surface area contributed by atoms with Gasteiger partial charge >= 0.3 is 5.69 Å². The molecule has 0 radical (unpaired) electrons. The molecule has 3 aromatic rings. The molecular formula is C17H16FN5O2S. The SMILES string of the molecule is CN=CC(=CN)c1c(F)cc2ncc3c4c2c1S(=O)CCn4c(=O)n3C. The fraction of sp³-hybridized carbons (Fsp3) is 0.235. The molecule has 0 spiro atoms. The van der Waals surface area contributed by atoms with Crippen LogP contribution in [0.5, 0.6) is 0 Å². The molecule has 26 heavy (non-hydrogen) atoms. The zero-order chi connectivity index (χ0) is 18.6. The molecule has 0 saturated carbocycles. The molecule has 0 aliphatic carbocycles. The zero-order valence-corrected chi connectivity index (χ0v) is 15.0. The summed E-state index contributed by atoms with van der Waals surface area (Å²) in [6.45, 7) is 0.279. The van der Waals surface area contributed by atoms with E-state index in [9.17, 15) is 13.4 Å². The van der Waals surface area contributed by atoms with Gasteiger partial charge in [-0.3, -0.25) is 23.3 Å². The van der Waals surface area contributed by atoms with Gasteiger partial charge in [0.05, 0.1) is 38.4 Å². The first-order valence-electron chi connectivity index (χ1n) is 7.92. The number of hydrogen-bond acceptors (Lipinski definition) is 5. The fourth-order valence-electron chi connectivity index (χ4n) is 3.47.